The van der Waals surface area contributed by atoms with E-state index in [9.17, 15) is 10.2 Å². The van der Waals surface area contributed by atoms with Gasteiger partial charge < -0.3 is 15.2 Å². The number of aryl methyl sites for hydroxylation is 2. The fraction of sp³-hybridized carbons (Fsp3) is 0.188. The minimum atomic E-state index is -0.0902. The third-order valence-electron chi connectivity index (χ3n) is 3.48. The van der Waals surface area contributed by atoms with Crippen molar-refractivity contribution in [3.05, 3.63) is 53.1 Å². The van der Waals surface area contributed by atoms with Crippen molar-refractivity contribution in [1.82, 2.24) is 9.97 Å². The first-order valence-electron chi connectivity index (χ1n) is 6.49. The molecule has 3 rings (SSSR count). The number of hydrogen-bond acceptors (Lipinski definition) is 3. The molecule has 0 amide bonds. The Bertz CT molecular complexity index is 791. The Kier molecular flexibility index (Phi) is 2.86. The Labute approximate surface area is 116 Å². The van der Waals surface area contributed by atoms with E-state index in [0.29, 0.717) is 12.0 Å². The number of fused-ring (bicyclic) bond motifs is 1. The minimum absolute atomic E-state index is 0.0599. The van der Waals surface area contributed by atoms with Crippen molar-refractivity contribution >= 4 is 10.8 Å². The lowest BCUT2D eigenvalue weighted by atomic mass is 9.97. The first-order chi connectivity index (χ1) is 9.54. The van der Waals surface area contributed by atoms with E-state index in [1.165, 1.54) is 0 Å². The average Bonchev–Trinajstić information content (AvgIpc) is 2.81. The number of rotatable bonds is 2. The fourth-order valence-electron chi connectivity index (χ4n) is 2.49. The van der Waals surface area contributed by atoms with Crippen LogP contribution >= 0.6 is 0 Å². The summed E-state index contributed by atoms with van der Waals surface area (Å²) in [6.45, 7) is 3.89. The molecular weight excluding hydrogens is 252 g/mol. The Morgan fingerprint density at radius 1 is 1.15 bits per heavy atom. The van der Waals surface area contributed by atoms with Gasteiger partial charge in [-0.1, -0.05) is 23.8 Å². The van der Waals surface area contributed by atoms with Crippen LogP contribution in [0.5, 0.6) is 11.5 Å². The lowest BCUT2D eigenvalue weighted by Gasteiger charge is -2.11. The molecule has 0 atom stereocenters. The highest BCUT2D eigenvalue weighted by atomic mass is 16.3. The summed E-state index contributed by atoms with van der Waals surface area (Å²) in [6, 6.07) is 7.55. The second kappa shape index (κ2) is 4.56. The maximum Gasteiger partial charge on any atom is 0.161 e. The van der Waals surface area contributed by atoms with Gasteiger partial charge >= 0.3 is 0 Å². The number of aromatic nitrogens is 2. The van der Waals surface area contributed by atoms with E-state index in [1.807, 2.05) is 32.0 Å². The second-order valence-corrected chi connectivity index (χ2v) is 5.12. The molecule has 0 spiro atoms. The molecule has 0 saturated carbocycles. The van der Waals surface area contributed by atoms with E-state index in [0.717, 1.165) is 27.9 Å². The zero-order valence-electron chi connectivity index (χ0n) is 11.4. The predicted octanol–water partition coefficient (Wildman–Crippen LogP) is 3.18. The molecule has 0 aliphatic rings. The summed E-state index contributed by atoms with van der Waals surface area (Å²) in [6.07, 6.45) is 2.25. The number of phenols is 2. The molecule has 0 aliphatic heterocycles. The summed E-state index contributed by atoms with van der Waals surface area (Å²) in [7, 11) is 0. The lowest BCUT2D eigenvalue weighted by molar-refractivity contribution is 0.401. The van der Waals surface area contributed by atoms with E-state index in [2.05, 4.69) is 9.97 Å². The van der Waals surface area contributed by atoms with Gasteiger partial charge in [-0.2, -0.15) is 0 Å². The normalized spacial score (nSPS) is 11.1. The Balaban J connectivity index is 2.21. The van der Waals surface area contributed by atoms with Gasteiger partial charge in [-0.15, -0.1) is 0 Å². The molecule has 0 bridgehead atoms. The van der Waals surface area contributed by atoms with Crippen molar-refractivity contribution < 1.29 is 10.2 Å². The molecule has 0 radical (unpaired) electrons. The maximum atomic E-state index is 10.2. The molecule has 3 aromatic rings. The van der Waals surface area contributed by atoms with Crippen LogP contribution in [0.15, 0.2) is 30.5 Å². The van der Waals surface area contributed by atoms with Crippen molar-refractivity contribution in [3.8, 4) is 11.5 Å². The van der Waals surface area contributed by atoms with E-state index >= 15 is 0 Å². The van der Waals surface area contributed by atoms with Crippen molar-refractivity contribution in [1.29, 1.82) is 0 Å². The van der Waals surface area contributed by atoms with Crippen LogP contribution < -0.4 is 0 Å². The molecule has 102 valence electrons. The van der Waals surface area contributed by atoms with Crippen LogP contribution in [0.1, 0.15) is 22.6 Å². The number of benzene rings is 2. The third-order valence-corrected chi connectivity index (χ3v) is 3.48. The number of phenolic OH excluding ortho intramolecular Hbond substituents is 2. The Morgan fingerprint density at radius 2 is 1.95 bits per heavy atom. The molecule has 3 N–H and O–H groups in total. The van der Waals surface area contributed by atoms with E-state index in [1.54, 1.807) is 12.3 Å². The first kappa shape index (κ1) is 12.5. The van der Waals surface area contributed by atoms with Crippen LogP contribution in [0.3, 0.4) is 0 Å². The number of H-pyrrole nitrogens is 1. The average molecular weight is 268 g/mol. The summed E-state index contributed by atoms with van der Waals surface area (Å²) in [5.41, 5.74) is 2.74. The number of aromatic hydroxyl groups is 2. The summed E-state index contributed by atoms with van der Waals surface area (Å²) in [4.78, 5) is 7.31. The summed E-state index contributed by atoms with van der Waals surface area (Å²) < 4.78 is 0. The van der Waals surface area contributed by atoms with Crippen LogP contribution in [0.2, 0.25) is 0 Å². The van der Waals surface area contributed by atoms with Gasteiger partial charge in [0.1, 0.15) is 5.82 Å². The van der Waals surface area contributed by atoms with Gasteiger partial charge in [0.2, 0.25) is 0 Å². The summed E-state index contributed by atoms with van der Waals surface area (Å²) in [5.74, 6) is 0.683. The number of aromatic amines is 1. The van der Waals surface area contributed by atoms with Crippen molar-refractivity contribution in [2.75, 3.05) is 0 Å². The Hall–Kier alpha value is -2.49. The molecule has 2 aromatic carbocycles. The molecule has 20 heavy (non-hydrogen) atoms. The maximum absolute atomic E-state index is 10.2. The highest BCUT2D eigenvalue weighted by Gasteiger charge is 2.13. The second-order valence-electron chi connectivity index (χ2n) is 5.12. The van der Waals surface area contributed by atoms with Crippen molar-refractivity contribution in [2.24, 2.45) is 0 Å². The van der Waals surface area contributed by atoms with E-state index in [-0.39, 0.29) is 11.5 Å². The zero-order chi connectivity index (χ0) is 14.3. The van der Waals surface area contributed by atoms with Crippen LogP contribution in [-0.4, -0.2) is 20.2 Å². The zero-order valence-corrected chi connectivity index (χ0v) is 11.4. The van der Waals surface area contributed by atoms with Crippen LogP contribution in [0.4, 0.5) is 0 Å². The molecule has 0 unspecified atom stereocenters. The van der Waals surface area contributed by atoms with Gasteiger partial charge in [-0.3, -0.25) is 0 Å². The van der Waals surface area contributed by atoms with Gasteiger partial charge in [-0.25, -0.2) is 4.98 Å². The quantitative estimate of drug-likeness (QED) is 0.625. The lowest BCUT2D eigenvalue weighted by Crippen LogP contribution is -1.93. The highest BCUT2D eigenvalue weighted by Crippen LogP contribution is 2.37. The summed E-state index contributed by atoms with van der Waals surface area (Å²) >= 11 is 0. The monoisotopic (exact) mass is 268 g/mol. The minimum Gasteiger partial charge on any atom is -0.504 e. The topological polar surface area (TPSA) is 69.1 Å². The summed E-state index contributed by atoms with van der Waals surface area (Å²) in [5, 5.41) is 21.9. The number of nitrogens with zero attached hydrogens (tertiary/aromatic N) is 1. The van der Waals surface area contributed by atoms with Gasteiger partial charge in [0.25, 0.3) is 0 Å². The highest BCUT2D eigenvalue weighted by molar-refractivity contribution is 5.90. The van der Waals surface area contributed by atoms with Gasteiger partial charge in [0.05, 0.1) is 0 Å². The van der Waals surface area contributed by atoms with E-state index in [4.69, 9.17) is 0 Å². The van der Waals surface area contributed by atoms with Crippen LogP contribution in [0, 0.1) is 13.8 Å². The Morgan fingerprint density at radius 3 is 2.65 bits per heavy atom. The molecule has 4 nitrogen and oxygen atoms in total. The van der Waals surface area contributed by atoms with Gasteiger partial charge in [-0.05, 0) is 30.7 Å². The predicted molar refractivity (Wildman–Crippen MR) is 78.1 cm³/mol. The van der Waals surface area contributed by atoms with Crippen LogP contribution in [0.25, 0.3) is 10.8 Å². The number of nitrogens with one attached hydrogen (secondary N) is 1. The van der Waals surface area contributed by atoms with Gasteiger partial charge in [0.15, 0.2) is 11.5 Å². The van der Waals surface area contributed by atoms with Crippen molar-refractivity contribution in [2.45, 2.75) is 20.3 Å². The molecular formula is C16H16N2O2. The standard InChI is InChI=1S/C16H16N2O2/c1-9-3-4-11-6-15(19)16(20)14(13(11)5-9)7-12-8-17-10(2)18-12/h3-6,8,19-20H,7H2,1-2H3,(H,17,18). The molecule has 0 aliphatic carbocycles. The van der Waals surface area contributed by atoms with E-state index < -0.39 is 0 Å². The first-order valence-corrected chi connectivity index (χ1v) is 6.49. The number of hydrogen-bond donors (Lipinski definition) is 3. The molecule has 0 fully saturated rings. The molecule has 4 heteroatoms. The number of imidazole rings is 1. The fourth-order valence-corrected chi connectivity index (χ4v) is 2.49. The smallest absolute Gasteiger partial charge is 0.161 e. The SMILES string of the molecule is Cc1ccc2cc(O)c(O)c(Cc3cnc(C)[nH]3)c2c1. The van der Waals surface area contributed by atoms with Crippen LogP contribution in [-0.2, 0) is 6.42 Å². The largest absolute Gasteiger partial charge is 0.504 e. The molecule has 0 saturated heterocycles. The third kappa shape index (κ3) is 2.09. The van der Waals surface area contributed by atoms with Gasteiger partial charge in [0, 0.05) is 23.9 Å². The van der Waals surface area contributed by atoms with Crippen molar-refractivity contribution in [3.63, 3.8) is 0 Å². The molecule has 1 heterocycles. The molecule has 1 aromatic heterocycles.